The van der Waals surface area contributed by atoms with Crippen LogP contribution in [0.2, 0.25) is 0 Å². The van der Waals surface area contributed by atoms with Crippen molar-refractivity contribution in [3.8, 4) is 0 Å². The zero-order chi connectivity index (χ0) is 21.2. The molecule has 2 N–H and O–H groups in total. The number of sulfonamides is 1. The molecule has 0 saturated heterocycles. The fourth-order valence-corrected chi connectivity index (χ4v) is 7.69. The standard InChI is InChI=1S/C22H32N2O4S/c1-14-7-5-6-8-18(14)29(27,28)24(4)21(2,3)20(25)23-19-16-9-15-10-17(19)13-22(26,11-15)12-16/h5-8,15-17,19,26H,9-13H2,1-4H3,(H,23,25). The average Bonchev–Trinajstić information content (AvgIpc) is 2.62. The number of nitrogens with zero attached hydrogens (tertiary/aromatic N) is 1. The summed E-state index contributed by atoms with van der Waals surface area (Å²) in [6.07, 6.45) is 4.46. The van der Waals surface area contributed by atoms with Crippen LogP contribution in [0.15, 0.2) is 29.2 Å². The van der Waals surface area contributed by atoms with Gasteiger partial charge in [0.15, 0.2) is 0 Å². The number of aryl methyl sites for hydroxylation is 1. The molecule has 1 aromatic rings. The van der Waals surface area contributed by atoms with Gasteiger partial charge in [0.05, 0.1) is 10.5 Å². The average molecular weight is 421 g/mol. The van der Waals surface area contributed by atoms with Crippen LogP contribution in [0.5, 0.6) is 0 Å². The molecule has 29 heavy (non-hydrogen) atoms. The molecule has 0 radical (unpaired) electrons. The highest BCUT2D eigenvalue weighted by atomic mass is 32.2. The molecule has 1 amide bonds. The second-order valence-electron chi connectivity index (χ2n) is 9.99. The van der Waals surface area contributed by atoms with Crippen molar-refractivity contribution >= 4 is 15.9 Å². The minimum absolute atomic E-state index is 0.0214. The molecular weight excluding hydrogens is 388 g/mol. The van der Waals surface area contributed by atoms with Crippen LogP contribution < -0.4 is 5.32 Å². The van der Waals surface area contributed by atoms with Gasteiger partial charge in [-0.05, 0) is 82.3 Å². The third-order valence-electron chi connectivity index (χ3n) is 7.61. The number of carbonyl (C=O) groups is 1. The second kappa shape index (κ2) is 6.79. The SMILES string of the molecule is Cc1ccccc1S(=O)(=O)N(C)C(C)(C)C(=O)NC1C2CC3CC1CC(O)(C3)C2. The van der Waals surface area contributed by atoms with Gasteiger partial charge < -0.3 is 10.4 Å². The summed E-state index contributed by atoms with van der Waals surface area (Å²) in [7, 11) is -2.34. The second-order valence-corrected chi connectivity index (χ2v) is 11.9. The molecular formula is C22H32N2O4S. The predicted octanol–water partition coefficient (Wildman–Crippen LogP) is 2.45. The van der Waals surface area contributed by atoms with Gasteiger partial charge in [-0.2, -0.15) is 4.31 Å². The minimum atomic E-state index is -3.81. The lowest BCUT2D eigenvalue weighted by Crippen LogP contribution is -2.65. The normalized spacial score (nSPS) is 33.9. The summed E-state index contributed by atoms with van der Waals surface area (Å²) in [6, 6.07) is 6.85. The maximum Gasteiger partial charge on any atom is 0.244 e. The zero-order valence-electron chi connectivity index (χ0n) is 17.7. The summed E-state index contributed by atoms with van der Waals surface area (Å²) >= 11 is 0. The zero-order valence-corrected chi connectivity index (χ0v) is 18.5. The Kier molecular flexibility index (Phi) is 4.87. The number of hydrogen-bond donors (Lipinski definition) is 2. The predicted molar refractivity (Wildman–Crippen MR) is 111 cm³/mol. The van der Waals surface area contributed by atoms with E-state index in [4.69, 9.17) is 0 Å². The number of nitrogens with one attached hydrogen (secondary N) is 1. The highest BCUT2D eigenvalue weighted by molar-refractivity contribution is 7.89. The lowest BCUT2D eigenvalue weighted by atomic mass is 9.52. The molecule has 7 heteroatoms. The Balaban J connectivity index is 1.53. The Morgan fingerprint density at radius 3 is 2.31 bits per heavy atom. The number of likely N-dealkylation sites (N-methyl/N-ethyl adjacent to an activating group) is 1. The van der Waals surface area contributed by atoms with Gasteiger partial charge in [-0.15, -0.1) is 0 Å². The number of amides is 1. The Hall–Kier alpha value is -1.44. The molecule has 6 nitrogen and oxygen atoms in total. The van der Waals surface area contributed by atoms with Crippen molar-refractivity contribution in [2.75, 3.05) is 7.05 Å². The van der Waals surface area contributed by atoms with E-state index in [1.807, 2.05) is 0 Å². The first-order chi connectivity index (χ1) is 13.4. The molecule has 0 spiro atoms. The van der Waals surface area contributed by atoms with Gasteiger partial charge in [0.2, 0.25) is 15.9 Å². The molecule has 4 fully saturated rings. The monoisotopic (exact) mass is 420 g/mol. The van der Waals surface area contributed by atoms with Crippen molar-refractivity contribution in [3.05, 3.63) is 29.8 Å². The lowest BCUT2D eigenvalue weighted by molar-refractivity contribution is -0.149. The minimum Gasteiger partial charge on any atom is -0.390 e. The fourth-order valence-electron chi connectivity index (χ4n) is 5.98. The van der Waals surface area contributed by atoms with Crippen molar-refractivity contribution in [2.45, 2.75) is 75.0 Å². The summed E-state index contributed by atoms with van der Waals surface area (Å²) in [4.78, 5) is 13.5. The van der Waals surface area contributed by atoms with E-state index in [9.17, 15) is 18.3 Å². The van der Waals surface area contributed by atoms with Crippen LogP contribution >= 0.6 is 0 Å². The van der Waals surface area contributed by atoms with Gasteiger partial charge in [0, 0.05) is 13.1 Å². The number of rotatable bonds is 5. The third kappa shape index (κ3) is 3.41. The molecule has 2 unspecified atom stereocenters. The summed E-state index contributed by atoms with van der Waals surface area (Å²) in [5.74, 6) is 0.845. The van der Waals surface area contributed by atoms with Crippen molar-refractivity contribution in [1.82, 2.24) is 9.62 Å². The van der Waals surface area contributed by atoms with E-state index in [0.29, 0.717) is 11.5 Å². The van der Waals surface area contributed by atoms with E-state index in [1.165, 1.54) is 11.4 Å². The number of carbonyl (C=O) groups excluding carboxylic acids is 1. The highest BCUT2D eigenvalue weighted by Crippen LogP contribution is 2.55. The van der Waals surface area contributed by atoms with Gasteiger partial charge in [-0.1, -0.05) is 18.2 Å². The Bertz CT molecular complexity index is 910. The van der Waals surface area contributed by atoms with Gasteiger partial charge in [0.25, 0.3) is 0 Å². The van der Waals surface area contributed by atoms with Crippen LogP contribution in [-0.4, -0.2) is 48.0 Å². The van der Waals surface area contributed by atoms with Crippen LogP contribution in [0.1, 0.15) is 51.5 Å². The van der Waals surface area contributed by atoms with Crippen molar-refractivity contribution in [2.24, 2.45) is 17.8 Å². The first-order valence-electron chi connectivity index (χ1n) is 10.5. The fraction of sp³-hybridized carbons (Fsp3) is 0.682. The van der Waals surface area contributed by atoms with E-state index in [1.54, 1.807) is 45.0 Å². The van der Waals surface area contributed by atoms with Gasteiger partial charge in [-0.25, -0.2) is 8.42 Å². The first kappa shape index (κ1) is 20.8. The highest BCUT2D eigenvalue weighted by Gasteiger charge is 2.55. The van der Waals surface area contributed by atoms with E-state index < -0.39 is 21.2 Å². The van der Waals surface area contributed by atoms with E-state index >= 15 is 0 Å². The molecule has 4 aliphatic rings. The first-order valence-corrected chi connectivity index (χ1v) is 12.0. The van der Waals surface area contributed by atoms with Gasteiger partial charge >= 0.3 is 0 Å². The molecule has 4 bridgehead atoms. The quantitative estimate of drug-likeness (QED) is 0.766. The van der Waals surface area contributed by atoms with Gasteiger partial charge in [0.1, 0.15) is 5.54 Å². The maximum absolute atomic E-state index is 13.3. The number of aliphatic hydroxyl groups is 1. The number of benzene rings is 1. The summed E-state index contributed by atoms with van der Waals surface area (Å²) in [6.45, 7) is 5.07. The van der Waals surface area contributed by atoms with Crippen LogP contribution in [0.25, 0.3) is 0 Å². The molecule has 160 valence electrons. The molecule has 0 aliphatic heterocycles. The molecule has 5 rings (SSSR count). The van der Waals surface area contributed by atoms with E-state index in [0.717, 1.165) is 32.1 Å². The largest absolute Gasteiger partial charge is 0.390 e. The summed E-state index contributed by atoms with van der Waals surface area (Å²) in [5, 5.41) is 13.9. The van der Waals surface area contributed by atoms with Gasteiger partial charge in [-0.3, -0.25) is 4.79 Å². The van der Waals surface area contributed by atoms with Crippen LogP contribution in [0, 0.1) is 24.7 Å². The molecule has 0 heterocycles. The van der Waals surface area contributed by atoms with Crippen molar-refractivity contribution < 1.29 is 18.3 Å². The van der Waals surface area contributed by atoms with Crippen LogP contribution in [0.4, 0.5) is 0 Å². The molecule has 2 atom stereocenters. The van der Waals surface area contributed by atoms with Crippen LogP contribution in [-0.2, 0) is 14.8 Å². The Morgan fingerprint density at radius 2 is 1.76 bits per heavy atom. The maximum atomic E-state index is 13.3. The molecule has 4 aliphatic carbocycles. The third-order valence-corrected chi connectivity index (χ3v) is 9.80. The van der Waals surface area contributed by atoms with Crippen molar-refractivity contribution in [3.63, 3.8) is 0 Å². The number of hydrogen-bond acceptors (Lipinski definition) is 4. The van der Waals surface area contributed by atoms with Crippen molar-refractivity contribution in [1.29, 1.82) is 0 Å². The van der Waals surface area contributed by atoms with E-state index in [-0.39, 0.29) is 28.7 Å². The summed E-state index contributed by atoms with van der Waals surface area (Å²) < 4.78 is 27.6. The van der Waals surface area contributed by atoms with Crippen LogP contribution in [0.3, 0.4) is 0 Å². The topological polar surface area (TPSA) is 86.7 Å². The smallest absolute Gasteiger partial charge is 0.244 e. The lowest BCUT2D eigenvalue weighted by Gasteiger charge is -2.58. The van der Waals surface area contributed by atoms with E-state index in [2.05, 4.69) is 5.32 Å². The Labute approximate surface area is 173 Å². The Morgan fingerprint density at radius 1 is 1.17 bits per heavy atom. The molecule has 0 aromatic heterocycles. The molecule has 4 saturated carbocycles. The summed E-state index contributed by atoms with van der Waals surface area (Å²) in [5.41, 5.74) is -1.13. The molecule has 1 aromatic carbocycles.